The molecular formula is C12H12F3N3O2S. The van der Waals surface area contributed by atoms with Gasteiger partial charge in [-0.3, -0.25) is 4.72 Å². The summed E-state index contributed by atoms with van der Waals surface area (Å²) in [6.45, 7) is 0.426. The number of hydrogen-bond donors (Lipinski definition) is 3. The van der Waals surface area contributed by atoms with Crippen LogP contribution in [-0.2, 0) is 16.6 Å². The van der Waals surface area contributed by atoms with Gasteiger partial charge in [0.25, 0.3) is 10.0 Å². The van der Waals surface area contributed by atoms with Gasteiger partial charge in [-0.05, 0) is 13.1 Å². The molecule has 9 heteroatoms. The molecule has 0 radical (unpaired) electrons. The Bertz CT molecular complexity index is 736. The molecule has 1 aromatic heterocycles. The number of anilines is 1. The summed E-state index contributed by atoms with van der Waals surface area (Å²) < 4.78 is 65.0. The summed E-state index contributed by atoms with van der Waals surface area (Å²) in [5.41, 5.74) is 0.220. The summed E-state index contributed by atoms with van der Waals surface area (Å²) in [6.07, 6.45) is 1.24. The van der Waals surface area contributed by atoms with E-state index in [1.54, 1.807) is 7.05 Å². The highest BCUT2D eigenvalue weighted by molar-refractivity contribution is 7.92. The maximum Gasteiger partial charge on any atom is 0.263 e. The fourth-order valence-electron chi connectivity index (χ4n) is 1.70. The van der Waals surface area contributed by atoms with Crippen LogP contribution in [0.5, 0.6) is 0 Å². The molecule has 0 unspecified atom stereocenters. The second-order valence-electron chi connectivity index (χ2n) is 4.25. The van der Waals surface area contributed by atoms with Crippen LogP contribution in [-0.4, -0.2) is 20.4 Å². The highest BCUT2D eigenvalue weighted by Gasteiger charge is 2.18. The molecule has 3 N–H and O–H groups in total. The van der Waals surface area contributed by atoms with Crippen molar-refractivity contribution in [2.24, 2.45) is 0 Å². The Hall–Kier alpha value is -2.00. The van der Waals surface area contributed by atoms with E-state index >= 15 is 0 Å². The largest absolute Gasteiger partial charge is 0.363 e. The predicted molar refractivity (Wildman–Crippen MR) is 70.7 cm³/mol. The molecular weight excluding hydrogens is 307 g/mol. The van der Waals surface area contributed by atoms with E-state index in [4.69, 9.17) is 0 Å². The van der Waals surface area contributed by atoms with Crippen LogP contribution in [0.1, 0.15) is 5.69 Å². The van der Waals surface area contributed by atoms with Gasteiger partial charge in [-0.15, -0.1) is 0 Å². The van der Waals surface area contributed by atoms with Crippen molar-refractivity contribution >= 4 is 15.7 Å². The van der Waals surface area contributed by atoms with Crippen molar-refractivity contribution < 1.29 is 21.6 Å². The zero-order valence-corrected chi connectivity index (χ0v) is 11.7. The lowest BCUT2D eigenvalue weighted by atomic mass is 10.3. The van der Waals surface area contributed by atoms with Gasteiger partial charge in [0.1, 0.15) is 4.90 Å². The fourth-order valence-corrected chi connectivity index (χ4v) is 2.75. The summed E-state index contributed by atoms with van der Waals surface area (Å²) >= 11 is 0. The third-order valence-electron chi connectivity index (χ3n) is 2.63. The average Bonchev–Trinajstić information content (AvgIpc) is 2.85. The molecule has 0 amide bonds. The van der Waals surface area contributed by atoms with Crippen molar-refractivity contribution in [2.45, 2.75) is 11.4 Å². The van der Waals surface area contributed by atoms with E-state index in [1.807, 2.05) is 4.72 Å². The van der Waals surface area contributed by atoms with Crippen molar-refractivity contribution in [3.8, 4) is 0 Å². The Labute approximate surface area is 119 Å². The first kappa shape index (κ1) is 15.4. The first-order chi connectivity index (χ1) is 9.83. The van der Waals surface area contributed by atoms with E-state index in [0.29, 0.717) is 24.4 Å². The molecule has 0 aliphatic rings. The third-order valence-corrected chi connectivity index (χ3v) is 3.99. The normalized spacial score (nSPS) is 11.6. The third kappa shape index (κ3) is 3.37. The molecule has 0 spiro atoms. The van der Waals surface area contributed by atoms with E-state index in [9.17, 15) is 21.6 Å². The van der Waals surface area contributed by atoms with Crippen molar-refractivity contribution in [3.05, 3.63) is 47.5 Å². The molecule has 0 saturated carbocycles. The lowest BCUT2D eigenvalue weighted by Crippen LogP contribution is -2.13. The Morgan fingerprint density at radius 1 is 1.14 bits per heavy atom. The minimum Gasteiger partial charge on any atom is -0.363 e. The van der Waals surface area contributed by atoms with E-state index in [-0.39, 0.29) is 4.90 Å². The first-order valence-electron chi connectivity index (χ1n) is 5.83. The summed E-state index contributed by atoms with van der Waals surface area (Å²) in [5, 5.41) is 2.83. The van der Waals surface area contributed by atoms with Crippen LogP contribution in [0.4, 0.5) is 18.9 Å². The van der Waals surface area contributed by atoms with Crippen LogP contribution in [0.2, 0.25) is 0 Å². The van der Waals surface area contributed by atoms with Crippen LogP contribution in [0.15, 0.2) is 29.3 Å². The molecule has 114 valence electrons. The molecule has 1 heterocycles. The Morgan fingerprint density at radius 2 is 1.76 bits per heavy atom. The molecule has 0 saturated heterocycles. The fraction of sp³-hybridized carbons (Fsp3) is 0.167. The summed E-state index contributed by atoms with van der Waals surface area (Å²) in [5.74, 6) is -4.61. The van der Waals surface area contributed by atoms with Gasteiger partial charge in [-0.25, -0.2) is 21.6 Å². The maximum absolute atomic E-state index is 13.1. The number of rotatable bonds is 5. The smallest absolute Gasteiger partial charge is 0.263 e. The number of H-pyrrole nitrogens is 1. The summed E-state index contributed by atoms with van der Waals surface area (Å²) in [7, 11) is -2.33. The molecule has 0 atom stereocenters. The monoisotopic (exact) mass is 319 g/mol. The highest BCUT2D eigenvalue weighted by Crippen LogP contribution is 2.21. The van der Waals surface area contributed by atoms with Crippen molar-refractivity contribution in [1.82, 2.24) is 10.3 Å². The Kier molecular flexibility index (Phi) is 4.24. The van der Waals surface area contributed by atoms with Crippen LogP contribution < -0.4 is 10.0 Å². The zero-order valence-electron chi connectivity index (χ0n) is 10.9. The Morgan fingerprint density at radius 3 is 2.33 bits per heavy atom. The van der Waals surface area contributed by atoms with E-state index in [2.05, 4.69) is 10.3 Å². The van der Waals surface area contributed by atoms with Crippen molar-refractivity contribution in [1.29, 1.82) is 0 Å². The zero-order chi connectivity index (χ0) is 15.6. The van der Waals surface area contributed by atoms with Crippen LogP contribution >= 0.6 is 0 Å². The number of benzene rings is 1. The molecule has 21 heavy (non-hydrogen) atoms. The number of aromatic amines is 1. The predicted octanol–water partition coefficient (Wildman–Crippen LogP) is 1.95. The second-order valence-corrected chi connectivity index (χ2v) is 5.93. The molecule has 2 aromatic rings. The summed E-state index contributed by atoms with van der Waals surface area (Å²) in [6, 6.07) is 2.50. The molecule has 0 aliphatic carbocycles. The number of nitrogens with one attached hydrogen (secondary N) is 3. The minimum absolute atomic E-state index is 0.0992. The van der Waals surface area contributed by atoms with Gasteiger partial charge in [-0.1, -0.05) is 0 Å². The minimum atomic E-state index is -4.02. The van der Waals surface area contributed by atoms with Gasteiger partial charge in [0.05, 0.1) is 5.69 Å². The van der Waals surface area contributed by atoms with E-state index < -0.39 is 33.2 Å². The van der Waals surface area contributed by atoms with Gasteiger partial charge >= 0.3 is 0 Å². The highest BCUT2D eigenvalue weighted by atomic mass is 32.2. The number of hydrogen-bond acceptors (Lipinski definition) is 3. The standard InChI is InChI=1S/C12H12F3N3O2S/c1-16-5-8-2-9(6-17-8)21(19,20)18-7-3-10(13)12(15)11(14)4-7/h2-4,6,16-18H,5H2,1H3. The van der Waals surface area contributed by atoms with Crippen molar-refractivity contribution in [3.63, 3.8) is 0 Å². The number of sulfonamides is 1. The van der Waals surface area contributed by atoms with Gasteiger partial charge in [0.2, 0.25) is 0 Å². The molecule has 0 bridgehead atoms. The maximum atomic E-state index is 13.1. The molecule has 2 rings (SSSR count). The Balaban J connectivity index is 2.28. The van der Waals surface area contributed by atoms with Gasteiger partial charge < -0.3 is 10.3 Å². The SMILES string of the molecule is CNCc1cc(S(=O)(=O)Nc2cc(F)c(F)c(F)c2)c[nH]1. The number of halogens is 3. The van der Waals surface area contributed by atoms with Crippen molar-refractivity contribution in [2.75, 3.05) is 11.8 Å². The molecule has 5 nitrogen and oxygen atoms in total. The number of aromatic nitrogens is 1. The van der Waals surface area contributed by atoms with Gasteiger partial charge in [0.15, 0.2) is 17.5 Å². The van der Waals surface area contributed by atoms with E-state index in [1.165, 1.54) is 12.3 Å². The average molecular weight is 319 g/mol. The lowest BCUT2D eigenvalue weighted by molar-refractivity contribution is 0.448. The van der Waals surface area contributed by atoms with Gasteiger partial charge in [0, 0.05) is 30.6 Å². The topological polar surface area (TPSA) is 74.0 Å². The summed E-state index contributed by atoms with van der Waals surface area (Å²) in [4.78, 5) is 2.64. The molecule has 1 aromatic carbocycles. The molecule has 0 aliphatic heterocycles. The first-order valence-corrected chi connectivity index (χ1v) is 7.31. The van der Waals surface area contributed by atoms with Crippen LogP contribution in [0.25, 0.3) is 0 Å². The van der Waals surface area contributed by atoms with Crippen LogP contribution in [0.3, 0.4) is 0 Å². The molecule has 0 fully saturated rings. The quantitative estimate of drug-likeness (QED) is 0.738. The van der Waals surface area contributed by atoms with Gasteiger partial charge in [-0.2, -0.15) is 0 Å². The van der Waals surface area contributed by atoms with E-state index in [0.717, 1.165) is 0 Å². The lowest BCUT2D eigenvalue weighted by Gasteiger charge is -2.07. The second kappa shape index (κ2) is 5.78. The van der Waals surface area contributed by atoms with Crippen LogP contribution in [0, 0.1) is 17.5 Å².